The third kappa shape index (κ3) is 27.1. The van der Waals surface area contributed by atoms with Crippen LogP contribution in [0.5, 0.6) is 0 Å². The van der Waals surface area contributed by atoms with E-state index < -0.39 is 35.0 Å². The van der Waals surface area contributed by atoms with Crippen molar-refractivity contribution < 1.29 is 72.0 Å². The maximum absolute atomic E-state index is 13.0. The zero-order chi connectivity index (χ0) is 53.1. The fourth-order valence-corrected chi connectivity index (χ4v) is 12.1. The van der Waals surface area contributed by atoms with Crippen molar-refractivity contribution in [3.05, 3.63) is 59.7 Å². The van der Waals surface area contributed by atoms with Crippen LogP contribution in [0.15, 0.2) is 58.3 Å². The number of hydrogen-bond acceptors (Lipinski definition) is 21. The zero-order valence-corrected chi connectivity index (χ0v) is 46.6. The summed E-state index contributed by atoms with van der Waals surface area (Å²) in [4.78, 5) is 46.4. The molecule has 71 heavy (non-hydrogen) atoms. The molecule has 1 aliphatic heterocycles. The Balaban J connectivity index is 0.000000488. The molecule has 3 rings (SSSR count). The number of carbonyl (C=O) groups excluding carboxylic acids is 3. The van der Waals surface area contributed by atoms with Crippen molar-refractivity contribution in [2.45, 2.75) is 58.3 Å². The standard InChI is InChI=1S/C24H47N4O8P.C22H32NO8PS2/c1-6-33-22(29)18-25-10-12-26(19-23(30)34-7-2)14-16-28(21-37(5,32)36-9-4)17-15-27(13-11-25)20-24(31)35-8-3;1-5-29-32(4,24)18-23(14-16-30-33(25,26)21-10-6-19(2)7-11-21)15-17-31-34(27,28)22-12-8-20(3)9-13-22/h6-21H2,1-5H3;6-13H,5,14-18H2,1-4H3. The van der Waals surface area contributed by atoms with E-state index in [2.05, 4.69) is 4.90 Å². The molecule has 2 aromatic rings. The van der Waals surface area contributed by atoms with Gasteiger partial charge in [-0.2, -0.15) is 16.8 Å². The van der Waals surface area contributed by atoms with Crippen LogP contribution in [0, 0.1) is 13.8 Å². The highest BCUT2D eigenvalue weighted by atomic mass is 32.2. The molecular weight excluding hydrogens is 1000 g/mol. The second-order valence-electron chi connectivity index (χ2n) is 16.8. The third-order valence-corrected chi connectivity index (χ3v) is 16.6. The first-order valence-electron chi connectivity index (χ1n) is 23.9. The monoisotopic (exact) mass is 1080 g/mol. The van der Waals surface area contributed by atoms with Gasteiger partial charge in [0.15, 0.2) is 0 Å². The molecule has 0 amide bonds. The molecule has 2 aromatic carbocycles. The number of aryl methyl sites for hydroxylation is 2. The van der Waals surface area contributed by atoms with Crippen molar-refractivity contribution in [2.75, 3.05) is 157 Å². The number of carbonyl (C=O) groups is 3. The minimum atomic E-state index is -3.96. The van der Waals surface area contributed by atoms with Crippen LogP contribution in [0.2, 0.25) is 0 Å². The molecule has 2 atom stereocenters. The second kappa shape index (κ2) is 32.9. The van der Waals surface area contributed by atoms with Crippen LogP contribution in [0.25, 0.3) is 0 Å². The number of rotatable bonds is 27. The van der Waals surface area contributed by atoms with E-state index in [4.69, 9.17) is 31.6 Å². The molecule has 0 aromatic heterocycles. The third-order valence-electron chi connectivity index (χ3n) is 10.5. The predicted octanol–water partition coefficient (Wildman–Crippen LogP) is 4.42. The van der Waals surface area contributed by atoms with E-state index in [0.29, 0.717) is 78.8 Å². The summed E-state index contributed by atoms with van der Waals surface area (Å²) >= 11 is 0. The summed E-state index contributed by atoms with van der Waals surface area (Å²) in [6.45, 7) is 21.5. The van der Waals surface area contributed by atoms with Gasteiger partial charge in [0.1, 0.15) is 0 Å². The van der Waals surface area contributed by atoms with Crippen molar-refractivity contribution in [1.82, 2.24) is 24.5 Å². The number of hydrogen-bond donors (Lipinski definition) is 0. The van der Waals surface area contributed by atoms with E-state index >= 15 is 0 Å². The van der Waals surface area contributed by atoms with Crippen molar-refractivity contribution in [2.24, 2.45) is 0 Å². The lowest BCUT2D eigenvalue weighted by Crippen LogP contribution is -2.48. The van der Waals surface area contributed by atoms with Crippen LogP contribution < -0.4 is 0 Å². The average molecular weight is 1080 g/mol. The molecule has 1 aliphatic rings. The van der Waals surface area contributed by atoms with E-state index in [0.717, 1.165) is 11.1 Å². The lowest BCUT2D eigenvalue weighted by atomic mass is 10.2. The highest BCUT2D eigenvalue weighted by molar-refractivity contribution is 7.87. The first-order chi connectivity index (χ1) is 33.5. The first kappa shape index (κ1) is 64.0. The minimum absolute atomic E-state index is 0.0112. The van der Waals surface area contributed by atoms with Gasteiger partial charge in [-0.15, -0.1) is 0 Å². The SMILES string of the molecule is CCOC(=O)CN1CCN(CC(=O)OCC)CCN(CP(C)(=O)OCC)CCN(CC(=O)OCC)CC1.CCOP(C)(=O)CN(CCOS(=O)(=O)c1ccc(C)cc1)CCOS(=O)(=O)c1ccc(C)cc1. The second-order valence-corrected chi connectivity index (χ2v) is 25.2. The van der Waals surface area contributed by atoms with Crippen molar-refractivity contribution in [3.63, 3.8) is 0 Å². The Hall–Kier alpha value is -3.15. The average Bonchev–Trinajstić information content (AvgIpc) is 3.27. The molecule has 0 N–H and O–H groups in total. The summed E-state index contributed by atoms with van der Waals surface area (Å²) in [5, 5.41) is 0. The van der Waals surface area contributed by atoms with Gasteiger partial charge in [-0.1, -0.05) is 35.4 Å². The molecule has 25 heteroatoms. The molecule has 2 unspecified atom stereocenters. The highest BCUT2D eigenvalue weighted by Crippen LogP contribution is 2.43. The molecule has 21 nitrogen and oxygen atoms in total. The molecule has 1 saturated heterocycles. The van der Waals surface area contributed by atoms with E-state index in [1.54, 1.807) is 63.5 Å². The predicted molar refractivity (Wildman–Crippen MR) is 271 cm³/mol. The zero-order valence-electron chi connectivity index (χ0n) is 43.2. The van der Waals surface area contributed by atoms with Crippen LogP contribution in [0.1, 0.15) is 45.7 Å². The van der Waals surface area contributed by atoms with Crippen LogP contribution >= 0.6 is 14.7 Å². The molecule has 406 valence electrons. The molecule has 0 radical (unpaired) electrons. The van der Waals surface area contributed by atoms with Gasteiger partial charge in [-0.25, -0.2) is 0 Å². The molecule has 0 spiro atoms. The van der Waals surface area contributed by atoms with E-state index in [9.17, 15) is 40.3 Å². The van der Waals surface area contributed by atoms with Gasteiger partial charge in [0.2, 0.25) is 14.7 Å². The Labute approximate surface area is 422 Å². The number of esters is 3. The fraction of sp³-hybridized carbons (Fsp3) is 0.674. The summed E-state index contributed by atoms with van der Waals surface area (Å²) in [7, 11) is -13.8. The quantitative estimate of drug-likeness (QED) is 0.0521. The highest BCUT2D eigenvalue weighted by Gasteiger charge is 2.26. The van der Waals surface area contributed by atoms with Gasteiger partial charge in [0.05, 0.1) is 88.2 Å². The molecule has 0 bridgehead atoms. The summed E-state index contributed by atoms with van der Waals surface area (Å²) in [6.07, 6.45) is 0.263. The number of nitrogens with zero attached hydrogens (tertiary/aromatic N) is 5. The fourth-order valence-electron chi connectivity index (χ4n) is 7.07. The van der Waals surface area contributed by atoms with Crippen LogP contribution in [-0.4, -0.2) is 216 Å². The van der Waals surface area contributed by atoms with E-state index in [-0.39, 0.29) is 92.8 Å². The van der Waals surface area contributed by atoms with E-state index in [1.165, 1.54) is 30.9 Å². The van der Waals surface area contributed by atoms with Gasteiger partial charge in [-0.05, 0) is 72.7 Å². The van der Waals surface area contributed by atoms with Crippen molar-refractivity contribution in [1.29, 1.82) is 0 Å². The molecule has 0 aliphatic carbocycles. The van der Waals surface area contributed by atoms with E-state index in [1.807, 2.05) is 35.5 Å². The minimum Gasteiger partial charge on any atom is -0.465 e. The molecule has 1 heterocycles. The maximum atomic E-state index is 13.0. The molecular formula is C46H79N5O16P2S2. The number of ether oxygens (including phenoxy) is 3. The van der Waals surface area contributed by atoms with Gasteiger partial charge in [0, 0.05) is 78.8 Å². The first-order valence-corrected chi connectivity index (χ1v) is 31.2. The van der Waals surface area contributed by atoms with Gasteiger partial charge in [0.25, 0.3) is 20.2 Å². The summed E-state index contributed by atoms with van der Waals surface area (Å²) in [5.41, 5.74) is 1.83. The maximum Gasteiger partial charge on any atom is 0.320 e. The lowest BCUT2D eigenvalue weighted by molar-refractivity contribution is -0.146. The summed E-state index contributed by atoms with van der Waals surface area (Å²) < 4.78 is 112. The van der Waals surface area contributed by atoms with Crippen LogP contribution in [0.3, 0.4) is 0 Å². The molecule has 1 fully saturated rings. The normalized spacial score (nSPS) is 16.9. The van der Waals surface area contributed by atoms with Gasteiger partial charge in [-0.3, -0.25) is 56.4 Å². The Morgan fingerprint density at radius 1 is 0.507 bits per heavy atom. The van der Waals surface area contributed by atoms with Crippen LogP contribution in [0.4, 0.5) is 0 Å². The van der Waals surface area contributed by atoms with Gasteiger partial charge >= 0.3 is 17.9 Å². The summed E-state index contributed by atoms with van der Waals surface area (Å²) in [5.74, 6) is -0.937. The summed E-state index contributed by atoms with van der Waals surface area (Å²) in [6, 6.07) is 12.5. The number of benzene rings is 2. The molecule has 0 saturated carbocycles. The Morgan fingerprint density at radius 3 is 1.13 bits per heavy atom. The Morgan fingerprint density at radius 2 is 0.817 bits per heavy atom. The Bertz CT molecular complexity index is 2110. The van der Waals surface area contributed by atoms with Crippen molar-refractivity contribution in [3.8, 4) is 0 Å². The van der Waals surface area contributed by atoms with Crippen molar-refractivity contribution >= 4 is 52.9 Å². The smallest absolute Gasteiger partial charge is 0.320 e. The van der Waals surface area contributed by atoms with Gasteiger partial charge < -0.3 is 23.3 Å². The lowest BCUT2D eigenvalue weighted by Gasteiger charge is -2.34. The topological polar surface area (TPSA) is 234 Å². The van der Waals surface area contributed by atoms with Crippen LogP contribution in [-0.2, 0) is 75.4 Å². The Kier molecular flexibility index (Phi) is 29.7. The largest absolute Gasteiger partial charge is 0.465 e.